The van der Waals surface area contributed by atoms with Gasteiger partial charge in [-0.3, -0.25) is 0 Å². The van der Waals surface area contributed by atoms with E-state index in [0.717, 1.165) is 23.8 Å². The van der Waals surface area contributed by atoms with Crippen LogP contribution in [0.1, 0.15) is 76.3 Å². The van der Waals surface area contributed by atoms with Crippen molar-refractivity contribution in [2.45, 2.75) is 71.6 Å². The molecule has 0 aromatic heterocycles. The summed E-state index contributed by atoms with van der Waals surface area (Å²) in [6.07, 6.45) is 16.7. The number of rotatable bonds is 6. The van der Waals surface area contributed by atoms with E-state index >= 15 is 0 Å². The van der Waals surface area contributed by atoms with Crippen molar-refractivity contribution in [1.82, 2.24) is 0 Å². The van der Waals surface area contributed by atoms with Crippen molar-refractivity contribution in [2.24, 2.45) is 11.8 Å². The van der Waals surface area contributed by atoms with Gasteiger partial charge in [0.15, 0.2) is 0 Å². The summed E-state index contributed by atoms with van der Waals surface area (Å²) < 4.78 is 0. The van der Waals surface area contributed by atoms with Gasteiger partial charge < -0.3 is 0 Å². The second kappa shape index (κ2) is 10.3. The van der Waals surface area contributed by atoms with Gasteiger partial charge in [-0.05, 0) is 67.7 Å². The fourth-order valence-electron chi connectivity index (χ4n) is 3.49. The zero-order chi connectivity index (χ0) is 16.3. The maximum Gasteiger partial charge on any atom is 0.0249 e. The van der Waals surface area contributed by atoms with E-state index in [9.17, 15) is 0 Å². The van der Waals surface area contributed by atoms with Crippen molar-refractivity contribution in [3.8, 4) is 11.8 Å². The van der Waals surface area contributed by atoms with Gasteiger partial charge in [0.2, 0.25) is 0 Å². The van der Waals surface area contributed by atoms with E-state index in [1.54, 1.807) is 0 Å². The summed E-state index contributed by atoms with van der Waals surface area (Å²) in [6, 6.07) is 8.60. The van der Waals surface area contributed by atoms with Crippen LogP contribution in [0.3, 0.4) is 0 Å². The lowest BCUT2D eigenvalue weighted by Crippen LogP contribution is -2.12. The van der Waals surface area contributed by atoms with Gasteiger partial charge in [0.05, 0.1) is 0 Å². The first-order valence-corrected chi connectivity index (χ1v) is 9.59. The minimum absolute atomic E-state index is 0.759. The van der Waals surface area contributed by atoms with Crippen LogP contribution in [0.5, 0.6) is 0 Å². The molecule has 1 aliphatic rings. The molecular weight excluding hydrogens is 276 g/mol. The molecule has 1 saturated carbocycles. The van der Waals surface area contributed by atoms with Gasteiger partial charge >= 0.3 is 0 Å². The van der Waals surface area contributed by atoms with Crippen LogP contribution in [-0.4, -0.2) is 0 Å². The lowest BCUT2D eigenvalue weighted by molar-refractivity contribution is 0.289. The first-order valence-electron chi connectivity index (χ1n) is 9.59. The molecule has 0 atom stereocenters. The molecule has 0 amide bonds. The second-order valence-electron chi connectivity index (χ2n) is 6.96. The third kappa shape index (κ3) is 6.66. The summed E-state index contributed by atoms with van der Waals surface area (Å²) in [5, 5.41) is 0. The molecule has 124 valence electrons. The van der Waals surface area contributed by atoms with E-state index in [0.29, 0.717) is 0 Å². The minimum Gasteiger partial charge on any atom is -0.0730 e. The van der Waals surface area contributed by atoms with Crippen LogP contribution >= 0.6 is 0 Å². The van der Waals surface area contributed by atoms with Crippen molar-refractivity contribution in [3.63, 3.8) is 0 Å². The molecule has 23 heavy (non-hydrogen) atoms. The van der Waals surface area contributed by atoms with Crippen LogP contribution in [0.2, 0.25) is 0 Å². The fourth-order valence-corrected chi connectivity index (χ4v) is 3.49. The van der Waals surface area contributed by atoms with Crippen molar-refractivity contribution < 1.29 is 0 Å². The van der Waals surface area contributed by atoms with Gasteiger partial charge in [0.1, 0.15) is 0 Å². The van der Waals surface area contributed by atoms with Gasteiger partial charge in [-0.25, -0.2) is 0 Å². The number of aryl methyl sites for hydroxylation is 1. The topological polar surface area (TPSA) is 0 Å². The van der Waals surface area contributed by atoms with Crippen LogP contribution in [0.15, 0.2) is 36.4 Å². The Balaban J connectivity index is 1.71. The summed E-state index contributed by atoms with van der Waals surface area (Å²) in [4.78, 5) is 0. The van der Waals surface area contributed by atoms with Crippen molar-refractivity contribution in [1.29, 1.82) is 0 Å². The minimum atomic E-state index is 0.759. The van der Waals surface area contributed by atoms with Gasteiger partial charge in [-0.15, -0.1) is 0 Å². The number of hydrogen-bond acceptors (Lipinski definition) is 0. The van der Waals surface area contributed by atoms with Gasteiger partial charge in [0.25, 0.3) is 0 Å². The largest absolute Gasteiger partial charge is 0.0730 e. The monoisotopic (exact) mass is 308 g/mol. The van der Waals surface area contributed by atoms with E-state index in [4.69, 9.17) is 0 Å². The molecule has 0 N–H and O–H groups in total. The molecule has 0 aliphatic heterocycles. The fraction of sp³-hybridized carbons (Fsp3) is 0.565. The molecule has 0 bridgehead atoms. The van der Waals surface area contributed by atoms with Crippen molar-refractivity contribution in [3.05, 3.63) is 47.5 Å². The Morgan fingerprint density at radius 1 is 1.00 bits per heavy atom. The van der Waals surface area contributed by atoms with E-state index < -0.39 is 0 Å². The molecule has 2 rings (SSSR count). The number of unbranched alkanes of at least 4 members (excludes halogenated alkanes) is 2. The lowest BCUT2D eigenvalue weighted by Gasteiger charge is -2.26. The highest BCUT2D eigenvalue weighted by Gasteiger charge is 2.18. The maximum atomic E-state index is 3.24. The molecule has 0 heterocycles. The lowest BCUT2D eigenvalue weighted by atomic mass is 9.79. The summed E-state index contributed by atoms with van der Waals surface area (Å²) >= 11 is 0. The predicted molar refractivity (Wildman–Crippen MR) is 101 cm³/mol. The quantitative estimate of drug-likeness (QED) is 0.413. The van der Waals surface area contributed by atoms with E-state index in [-0.39, 0.29) is 0 Å². The summed E-state index contributed by atoms with van der Waals surface area (Å²) in [6.45, 7) is 4.48. The van der Waals surface area contributed by atoms with Crippen LogP contribution in [0.25, 0.3) is 0 Å². The molecule has 0 nitrogen and oxygen atoms in total. The highest BCUT2D eigenvalue weighted by atomic mass is 14.2. The van der Waals surface area contributed by atoms with Gasteiger partial charge in [-0.2, -0.15) is 0 Å². The second-order valence-corrected chi connectivity index (χ2v) is 6.96. The SMILES string of the molecule is CCCCC[C@H]1CC[C@H](/C=C/C#Cc2ccc(CC)cc2)CC1. The Labute approximate surface area is 143 Å². The third-order valence-electron chi connectivity index (χ3n) is 5.14. The Bertz CT molecular complexity index is 515. The molecule has 0 saturated heterocycles. The smallest absolute Gasteiger partial charge is 0.0249 e. The van der Waals surface area contributed by atoms with Gasteiger partial charge in [-0.1, -0.05) is 69.6 Å². The molecule has 0 radical (unpaired) electrons. The molecule has 1 aliphatic carbocycles. The Morgan fingerprint density at radius 3 is 2.39 bits per heavy atom. The zero-order valence-corrected chi connectivity index (χ0v) is 15.0. The summed E-state index contributed by atoms with van der Waals surface area (Å²) in [5.74, 6) is 8.20. The Morgan fingerprint density at radius 2 is 1.74 bits per heavy atom. The molecular formula is C23H32. The van der Waals surface area contributed by atoms with Crippen LogP contribution in [0, 0.1) is 23.7 Å². The van der Waals surface area contributed by atoms with Crippen LogP contribution in [-0.2, 0) is 6.42 Å². The molecule has 0 spiro atoms. The number of allylic oxidation sites excluding steroid dienone is 2. The van der Waals surface area contributed by atoms with Gasteiger partial charge in [0, 0.05) is 5.56 Å². The first-order chi connectivity index (χ1) is 11.3. The standard InChI is InChI=1S/C23H32/c1-3-5-6-9-21-16-18-23(19-17-21)11-8-7-10-22-14-12-20(4-2)13-15-22/h8,11-15,21,23H,3-6,9,16-19H2,1-2H3/b11-8+/t21-,23-. The average Bonchev–Trinajstić information content (AvgIpc) is 2.61. The van der Waals surface area contributed by atoms with E-state index in [1.807, 2.05) is 0 Å². The highest BCUT2D eigenvalue weighted by Crippen LogP contribution is 2.32. The average molecular weight is 309 g/mol. The van der Waals surface area contributed by atoms with E-state index in [1.165, 1.54) is 56.9 Å². The molecule has 1 aromatic rings. The van der Waals surface area contributed by atoms with Crippen LogP contribution < -0.4 is 0 Å². The molecule has 0 unspecified atom stereocenters. The number of benzene rings is 1. The normalized spacial score (nSPS) is 21.1. The predicted octanol–water partition coefficient (Wildman–Crippen LogP) is 6.54. The third-order valence-corrected chi connectivity index (χ3v) is 5.14. The maximum absolute atomic E-state index is 3.24. The first kappa shape index (κ1) is 17.9. The van der Waals surface area contributed by atoms with E-state index in [2.05, 4.69) is 62.1 Å². The summed E-state index contributed by atoms with van der Waals surface area (Å²) in [7, 11) is 0. The van der Waals surface area contributed by atoms with Crippen molar-refractivity contribution in [2.75, 3.05) is 0 Å². The Kier molecular flexibility index (Phi) is 8.02. The van der Waals surface area contributed by atoms with Crippen molar-refractivity contribution >= 4 is 0 Å². The highest BCUT2D eigenvalue weighted by molar-refractivity contribution is 5.38. The zero-order valence-electron chi connectivity index (χ0n) is 15.0. The molecule has 1 fully saturated rings. The Hall–Kier alpha value is -1.48. The molecule has 0 heteroatoms. The summed E-state index contributed by atoms with van der Waals surface area (Å²) in [5.41, 5.74) is 2.49. The number of hydrogen-bond donors (Lipinski definition) is 0. The molecule has 1 aromatic carbocycles. The van der Waals surface area contributed by atoms with Crippen LogP contribution in [0.4, 0.5) is 0 Å².